The molecule has 0 unspecified atom stereocenters. The Kier molecular flexibility index (Phi) is 6.02. The molecule has 0 atom stereocenters. The zero-order chi connectivity index (χ0) is 8.27. The van der Waals surface area contributed by atoms with E-state index in [0.717, 1.165) is 11.3 Å². The number of alkyl halides is 2. The topological polar surface area (TPSA) is 12.9 Å². The van der Waals surface area contributed by atoms with E-state index in [-0.39, 0.29) is 12.4 Å². The monoisotopic (exact) mass is 245 g/mol. The molecule has 0 bridgehead atoms. The first-order valence-electron chi connectivity index (χ1n) is 3.03. The fraction of sp³-hybridized carbons (Fsp3) is 0.286. The molecule has 1 nitrogen and oxygen atoms in total. The lowest BCUT2D eigenvalue weighted by Crippen LogP contribution is -1.91. The van der Waals surface area contributed by atoms with Crippen molar-refractivity contribution in [3.63, 3.8) is 0 Å². The van der Waals surface area contributed by atoms with Crippen molar-refractivity contribution in [2.45, 2.75) is 11.8 Å². The van der Waals surface area contributed by atoms with Crippen molar-refractivity contribution in [3.8, 4) is 0 Å². The summed E-state index contributed by atoms with van der Waals surface area (Å²) in [6.45, 7) is 0. The van der Waals surface area contributed by atoms with Gasteiger partial charge in [-0.05, 0) is 11.6 Å². The van der Waals surface area contributed by atoms with Crippen LogP contribution in [0.15, 0.2) is 12.3 Å². The normalized spacial score (nSPS) is 9.25. The molecule has 0 aliphatic heterocycles. The van der Waals surface area contributed by atoms with Gasteiger partial charge in [0.2, 0.25) is 0 Å². The third-order valence-electron chi connectivity index (χ3n) is 1.30. The van der Waals surface area contributed by atoms with Gasteiger partial charge < -0.3 is 0 Å². The second-order valence-electron chi connectivity index (χ2n) is 2.03. The molecule has 0 saturated heterocycles. The maximum atomic E-state index is 5.69. The SMILES string of the molecule is Cl.ClCc1cc(Cl)cnc1CCl. The van der Waals surface area contributed by atoms with Crippen molar-refractivity contribution in [1.82, 2.24) is 4.98 Å². The van der Waals surface area contributed by atoms with E-state index in [1.165, 1.54) is 0 Å². The molecule has 0 saturated carbocycles. The highest BCUT2D eigenvalue weighted by atomic mass is 35.5. The minimum Gasteiger partial charge on any atom is -0.258 e. The van der Waals surface area contributed by atoms with E-state index in [1.807, 2.05) is 0 Å². The highest BCUT2D eigenvalue weighted by molar-refractivity contribution is 6.30. The molecule has 1 aromatic heterocycles. The van der Waals surface area contributed by atoms with Gasteiger partial charge in [0.1, 0.15) is 0 Å². The Labute approximate surface area is 92.4 Å². The van der Waals surface area contributed by atoms with E-state index in [2.05, 4.69) is 4.98 Å². The second kappa shape index (κ2) is 5.87. The van der Waals surface area contributed by atoms with Gasteiger partial charge in [0.15, 0.2) is 0 Å². The highest BCUT2D eigenvalue weighted by Crippen LogP contribution is 2.16. The summed E-state index contributed by atoms with van der Waals surface area (Å²) >= 11 is 16.9. The zero-order valence-electron chi connectivity index (χ0n) is 6.06. The van der Waals surface area contributed by atoms with Gasteiger partial charge in [-0.3, -0.25) is 4.98 Å². The van der Waals surface area contributed by atoms with Crippen molar-refractivity contribution in [2.75, 3.05) is 0 Å². The van der Waals surface area contributed by atoms with E-state index in [1.54, 1.807) is 12.3 Å². The summed E-state index contributed by atoms with van der Waals surface area (Å²) in [6.07, 6.45) is 1.56. The van der Waals surface area contributed by atoms with Crippen LogP contribution >= 0.6 is 47.2 Å². The molecule has 1 rings (SSSR count). The predicted molar refractivity (Wildman–Crippen MR) is 55.6 cm³/mol. The van der Waals surface area contributed by atoms with Gasteiger partial charge in [-0.25, -0.2) is 0 Å². The summed E-state index contributed by atoms with van der Waals surface area (Å²) in [4.78, 5) is 4.02. The van der Waals surface area contributed by atoms with Crippen LogP contribution in [-0.2, 0) is 11.8 Å². The largest absolute Gasteiger partial charge is 0.258 e. The summed E-state index contributed by atoms with van der Waals surface area (Å²) < 4.78 is 0. The first-order valence-corrected chi connectivity index (χ1v) is 4.48. The summed E-state index contributed by atoms with van der Waals surface area (Å²) in [5, 5.41) is 0.592. The summed E-state index contributed by atoms with van der Waals surface area (Å²) in [6, 6.07) is 1.78. The fourth-order valence-corrected chi connectivity index (χ4v) is 1.40. The first kappa shape index (κ1) is 12.3. The van der Waals surface area contributed by atoms with E-state index in [4.69, 9.17) is 34.8 Å². The van der Waals surface area contributed by atoms with Gasteiger partial charge in [-0.2, -0.15) is 0 Å². The Hall–Kier alpha value is 0.310. The molecule has 12 heavy (non-hydrogen) atoms. The van der Waals surface area contributed by atoms with Crippen LogP contribution in [0.3, 0.4) is 0 Å². The maximum absolute atomic E-state index is 5.69. The molecule has 68 valence electrons. The van der Waals surface area contributed by atoms with Crippen LogP contribution in [0.2, 0.25) is 5.02 Å². The number of rotatable bonds is 2. The zero-order valence-corrected chi connectivity index (χ0v) is 9.14. The summed E-state index contributed by atoms with van der Waals surface area (Å²) in [7, 11) is 0. The van der Waals surface area contributed by atoms with Gasteiger partial charge in [0.05, 0.1) is 16.6 Å². The average Bonchev–Trinajstić information content (AvgIpc) is 2.04. The van der Waals surface area contributed by atoms with Gasteiger partial charge in [0.25, 0.3) is 0 Å². The van der Waals surface area contributed by atoms with E-state index in [9.17, 15) is 0 Å². The van der Waals surface area contributed by atoms with Crippen molar-refractivity contribution in [1.29, 1.82) is 0 Å². The first-order chi connectivity index (χ1) is 5.27. The summed E-state index contributed by atoms with van der Waals surface area (Å²) in [5.41, 5.74) is 1.69. The van der Waals surface area contributed by atoms with Crippen LogP contribution in [0.4, 0.5) is 0 Å². The molecule has 0 aliphatic rings. The maximum Gasteiger partial charge on any atom is 0.0650 e. The molecule has 0 fully saturated rings. The Morgan fingerprint density at radius 1 is 1.25 bits per heavy atom. The predicted octanol–water partition coefficient (Wildman–Crippen LogP) is 3.63. The molecular weight excluding hydrogens is 240 g/mol. The smallest absolute Gasteiger partial charge is 0.0650 e. The van der Waals surface area contributed by atoms with Crippen LogP contribution in [0.1, 0.15) is 11.3 Å². The Morgan fingerprint density at radius 3 is 2.42 bits per heavy atom. The molecule has 0 radical (unpaired) electrons. The standard InChI is InChI=1S/C7H6Cl3N.ClH/c8-2-5-1-6(10)4-11-7(5)3-9;/h1,4H,2-3H2;1H. The van der Waals surface area contributed by atoms with E-state index in [0.29, 0.717) is 16.8 Å². The minimum absolute atomic E-state index is 0. The van der Waals surface area contributed by atoms with Crippen molar-refractivity contribution < 1.29 is 0 Å². The molecule has 0 N–H and O–H groups in total. The lowest BCUT2D eigenvalue weighted by Gasteiger charge is -2.01. The van der Waals surface area contributed by atoms with Crippen LogP contribution in [-0.4, -0.2) is 4.98 Å². The Balaban J connectivity index is 0.00000121. The fourth-order valence-electron chi connectivity index (χ4n) is 0.746. The van der Waals surface area contributed by atoms with Gasteiger partial charge in [0, 0.05) is 12.1 Å². The van der Waals surface area contributed by atoms with Crippen LogP contribution < -0.4 is 0 Å². The molecule has 0 aliphatic carbocycles. The molecule has 1 heterocycles. The number of hydrogen-bond donors (Lipinski definition) is 0. The van der Waals surface area contributed by atoms with Gasteiger partial charge in [-0.15, -0.1) is 35.6 Å². The number of halogens is 4. The second-order valence-corrected chi connectivity index (χ2v) is 3.00. The Bertz CT molecular complexity index is 251. The van der Waals surface area contributed by atoms with E-state index < -0.39 is 0 Å². The third kappa shape index (κ3) is 2.98. The van der Waals surface area contributed by atoms with Gasteiger partial charge >= 0.3 is 0 Å². The Morgan fingerprint density at radius 2 is 1.92 bits per heavy atom. The van der Waals surface area contributed by atoms with Crippen molar-refractivity contribution in [2.24, 2.45) is 0 Å². The minimum atomic E-state index is 0. The van der Waals surface area contributed by atoms with Crippen LogP contribution in [0, 0.1) is 0 Å². The summed E-state index contributed by atoms with van der Waals surface area (Å²) in [5.74, 6) is 0.773. The number of nitrogens with zero attached hydrogens (tertiary/aromatic N) is 1. The molecule has 0 amide bonds. The lowest BCUT2D eigenvalue weighted by atomic mass is 10.2. The molecule has 5 heteroatoms. The number of aromatic nitrogens is 1. The van der Waals surface area contributed by atoms with Crippen molar-refractivity contribution in [3.05, 3.63) is 28.5 Å². The number of hydrogen-bond acceptors (Lipinski definition) is 1. The number of pyridine rings is 1. The van der Waals surface area contributed by atoms with Crippen LogP contribution in [0.5, 0.6) is 0 Å². The third-order valence-corrected chi connectivity index (χ3v) is 2.04. The van der Waals surface area contributed by atoms with Crippen LogP contribution in [0.25, 0.3) is 0 Å². The lowest BCUT2D eigenvalue weighted by molar-refractivity contribution is 1.11. The average molecular weight is 247 g/mol. The van der Waals surface area contributed by atoms with Crippen molar-refractivity contribution >= 4 is 47.2 Å². The molecular formula is C7H7Cl4N. The van der Waals surface area contributed by atoms with Gasteiger partial charge in [-0.1, -0.05) is 11.6 Å². The molecule has 1 aromatic rings. The molecule has 0 aromatic carbocycles. The quantitative estimate of drug-likeness (QED) is 0.727. The van der Waals surface area contributed by atoms with E-state index >= 15 is 0 Å². The highest BCUT2D eigenvalue weighted by Gasteiger charge is 2.01. The molecule has 0 spiro atoms.